The molecule has 1 aliphatic heterocycles. The third kappa shape index (κ3) is 6.93. The molecule has 0 aliphatic carbocycles. The second-order valence-corrected chi connectivity index (χ2v) is 10.6. The first-order chi connectivity index (χ1) is 19.2. The zero-order chi connectivity index (χ0) is 28.1. The Morgan fingerprint density at radius 3 is 2.40 bits per heavy atom. The maximum atomic E-state index is 13.0. The van der Waals surface area contributed by atoms with E-state index in [0.29, 0.717) is 29.0 Å². The van der Waals surface area contributed by atoms with Crippen LogP contribution in [-0.2, 0) is 16.7 Å². The Labute approximate surface area is 233 Å². The molecule has 2 aromatic carbocycles. The first-order valence-corrected chi connectivity index (χ1v) is 13.2. The molecule has 40 heavy (non-hydrogen) atoms. The topological polar surface area (TPSA) is 132 Å². The maximum Gasteiger partial charge on any atom is 0.324 e. The zero-order valence-electron chi connectivity index (χ0n) is 22.9. The van der Waals surface area contributed by atoms with Crippen molar-refractivity contribution in [2.24, 2.45) is 0 Å². The smallest absolute Gasteiger partial charge is 0.324 e. The molecule has 1 saturated heterocycles. The number of urea groups is 1. The van der Waals surface area contributed by atoms with Gasteiger partial charge in [0.15, 0.2) is 0 Å². The van der Waals surface area contributed by atoms with Crippen LogP contribution in [0, 0.1) is 0 Å². The fourth-order valence-electron chi connectivity index (χ4n) is 4.21. The number of aromatic nitrogens is 4. The number of anilines is 3. The number of ether oxygens (including phenoxy) is 2. The molecule has 2 aromatic heterocycles. The van der Waals surface area contributed by atoms with Crippen LogP contribution in [0.5, 0.6) is 11.6 Å². The van der Waals surface area contributed by atoms with E-state index in [1.54, 1.807) is 28.9 Å². The molecule has 0 spiro atoms. The SMILES string of the molecule is CC(C)(C)c1cc(NC(=O)Nc2ccc(Oc3cc(N)ncn3)cc2)n(-c2ccc(CN3CCOCC3)cc2)n1. The molecule has 0 atom stereocenters. The summed E-state index contributed by atoms with van der Waals surface area (Å²) in [6, 6.07) is 18.3. The van der Waals surface area contributed by atoms with Gasteiger partial charge in [0.25, 0.3) is 0 Å². The summed E-state index contributed by atoms with van der Waals surface area (Å²) in [6.07, 6.45) is 1.33. The Morgan fingerprint density at radius 2 is 1.73 bits per heavy atom. The molecule has 2 amide bonds. The Balaban J connectivity index is 1.27. The largest absolute Gasteiger partial charge is 0.439 e. The molecule has 0 radical (unpaired) electrons. The van der Waals surface area contributed by atoms with Crippen molar-refractivity contribution in [3.63, 3.8) is 0 Å². The van der Waals surface area contributed by atoms with Gasteiger partial charge in [0.1, 0.15) is 23.7 Å². The lowest BCUT2D eigenvalue weighted by atomic mass is 9.92. The van der Waals surface area contributed by atoms with Gasteiger partial charge in [-0.3, -0.25) is 10.2 Å². The van der Waals surface area contributed by atoms with E-state index in [4.69, 9.17) is 20.3 Å². The molecule has 5 rings (SSSR count). The number of hydrogen-bond donors (Lipinski definition) is 3. The summed E-state index contributed by atoms with van der Waals surface area (Å²) in [5, 5.41) is 10.6. The van der Waals surface area contributed by atoms with E-state index in [1.807, 2.05) is 18.2 Å². The molecule has 4 aromatic rings. The van der Waals surface area contributed by atoms with Gasteiger partial charge in [-0.2, -0.15) is 5.10 Å². The Morgan fingerprint density at radius 1 is 1.00 bits per heavy atom. The number of rotatable bonds is 7. The molecule has 11 nitrogen and oxygen atoms in total. The van der Waals surface area contributed by atoms with Gasteiger partial charge in [-0.1, -0.05) is 32.9 Å². The summed E-state index contributed by atoms with van der Waals surface area (Å²) in [6.45, 7) is 10.6. The van der Waals surface area contributed by atoms with Crippen LogP contribution >= 0.6 is 0 Å². The van der Waals surface area contributed by atoms with Gasteiger partial charge < -0.3 is 20.5 Å². The van der Waals surface area contributed by atoms with Crippen molar-refractivity contribution in [2.75, 3.05) is 42.7 Å². The van der Waals surface area contributed by atoms with Gasteiger partial charge >= 0.3 is 6.03 Å². The summed E-state index contributed by atoms with van der Waals surface area (Å²) >= 11 is 0. The number of morpholine rings is 1. The highest BCUT2D eigenvalue weighted by Gasteiger charge is 2.22. The van der Waals surface area contributed by atoms with E-state index >= 15 is 0 Å². The summed E-state index contributed by atoms with van der Waals surface area (Å²) in [5.74, 6) is 1.78. The molecule has 11 heteroatoms. The highest BCUT2D eigenvalue weighted by molar-refractivity contribution is 5.99. The number of nitrogens with zero attached hydrogens (tertiary/aromatic N) is 5. The van der Waals surface area contributed by atoms with Gasteiger partial charge in [0, 0.05) is 42.9 Å². The van der Waals surface area contributed by atoms with Crippen molar-refractivity contribution < 1.29 is 14.3 Å². The average Bonchev–Trinajstić information content (AvgIpc) is 3.35. The fraction of sp³-hybridized carbons (Fsp3) is 0.310. The number of nitrogens with two attached hydrogens (primary N) is 1. The first kappa shape index (κ1) is 27.1. The summed E-state index contributed by atoms with van der Waals surface area (Å²) in [5.41, 5.74) is 9.03. The number of amides is 2. The number of benzene rings is 2. The predicted octanol–water partition coefficient (Wildman–Crippen LogP) is 4.81. The molecule has 4 N–H and O–H groups in total. The molecular weight excluding hydrogens is 508 g/mol. The van der Waals surface area contributed by atoms with E-state index in [0.717, 1.165) is 44.2 Å². The summed E-state index contributed by atoms with van der Waals surface area (Å²) < 4.78 is 12.9. The lowest BCUT2D eigenvalue weighted by molar-refractivity contribution is 0.0342. The normalized spacial score (nSPS) is 14.1. The van der Waals surface area contributed by atoms with Crippen molar-refractivity contribution in [3.05, 3.63) is 78.2 Å². The van der Waals surface area contributed by atoms with Gasteiger partial charge in [0.2, 0.25) is 5.88 Å². The van der Waals surface area contributed by atoms with Crippen molar-refractivity contribution in [3.8, 4) is 17.3 Å². The van der Waals surface area contributed by atoms with E-state index in [-0.39, 0.29) is 11.4 Å². The molecule has 1 fully saturated rings. The minimum absolute atomic E-state index is 0.196. The summed E-state index contributed by atoms with van der Waals surface area (Å²) in [7, 11) is 0. The first-order valence-electron chi connectivity index (χ1n) is 13.2. The lowest BCUT2D eigenvalue weighted by Crippen LogP contribution is -2.35. The monoisotopic (exact) mass is 542 g/mol. The van der Waals surface area contributed by atoms with Crippen LogP contribution in [0.4, 0.5) is 22.1 Å². The van der Waals surface area contributed by atoms with Crippen molar-refractivity contribution >= 4 is 23.4 Å². The molecule has 0 unspecified atom stereocenters. The van der Waals surface area contributed by atoms with Gasteiger partial charge in [-0.25, -0.2) is 19.4 Å². The number of nitrogens with one attached hydrogen (secondary N) is 2. The molecular formula is C29H34N8O3. The highest BCUT2D eigenvalue weighted by atomic mass is 16.5. The second kappa shape index (κ2) is 11.7. The number of hydrogen-bond acceptors (Lipinski definition) is 8. The Kier molecular flexibility index (Phi) is 7.94. The van der Waals surface area contributed by atoms with Crippen LogP contribution in [0.25, 0.3) is 5.69 Å². The van der Waals surface area contributed by atoms with Gasteiger partial charge in [-0.05, 0) is 42.0 Å². The Hall–Kier alpha value is -4.48. The highest BCUT2D eigenvalue weighted by Crippen LogP contribution is 2.27. The molecule has 208 valence electrons. The number of carbonyl (C=O) groups excluding carboxylic acids is 1. The van der Waals surface area contributed by atoms with Crippen LogP contribution in [0.2, 0.25) is 0 Å². The third-order valence-corrected chi connectivity index (χ3v) is 6.41. The van der Waals surface area contributed by atoms with Crippen LogP contribution < -0.4 is 21.1 Å². The lowest BCUT2D eigenvalue weighted by Gasteiger charge is -2.26. The number of nitrogen functional groups attached to an aromatic ring is 1. The van der Waals surface area contributed by atoms with Gasteiger partial charge in [0.05, 0.1) is 24.6 Å². The minimum atomic E-state index is -0.386. The quantitative estimate of drug-likeness (QED) is 0.303. The third-order valence-electron chi connectivity index (χ3n) is 6.41. The molecule has 0 saturated carbocycles. The van der Waals surface area contributed by atoms with Crippen LogP contribution in [0.3, 0.4) is 0 Å². The second-order valence-electron chi connectivity index (χ2n) is 10.6. The minimum Gasteiger partial charge on any atom is -0.439 e. The average molecular weight is 543 g/mol. The van der Waals surface area contributed by atoms with Crippen molar-refractivity contribution in [1.82, 2.24) is 24.6 Å². The van der Waals surface area contributed by atoms with Crippen LogP contribution in [0.1, 0.15) is 32.0 Å². The molecule has 0 bridgehead atoms. The van der Waals surface area contributed by atoms with Crippen LogP contribution in [-0.4, -0.2) is 57.0 Å². The van der Waals surface area contributed by atoms with Crippen molar-refractivity contribution in [1.29, 1.82) is 0 Å². The Bertz CT molecular complexity index is 1440. The standard InChI is InChI=1S/C29H34N8O3/c1-29(2,3)24-16-26(37(35-24)22-8-4-20(5-9-22)18-36-12-14-39-15-13-36)34-28(38)33-21-6-10-23(11-7-21)40-27-17-25(30)31-19-32-27/h4-11,16-17,19H,12-15,18H2,1-3H3,(H2,30,31,32)(H2,33,34,38). The van der Waals surface area contributed by atoms with E-state index in [1.165, 1.54) is 18.0 Å². The summed E-state index contributed by atoms with van der Waals surface area (Å²) in [4.78, 5) is 23.2. The molecule has 1 aliphatic rings. The van der Waals surface area contributed by atoms with Gasteiger partial charge in [-0.15, -0.1) is 0 Å². The molecule has 3 heterocycles. The number of carbonyl (C=O) groups is 1. The van der Waals surface area contributed by atoms with Crippen molar-refractivity contribution in [2.45, 2.75) is 32.7 Å². The van der Waals surface area contributed by atoms with E-state index < -0.39 is 0 Å². The van der Waals surface area contributed by atoms with E-state index in [2.05, 4.69) is 58.4 Å². The predicted molar refractivity (Wildman–Crippen MR) is 154 cm³/mol. The fourth-order valence-corrected chi connectivity index (χ4v) is 4.21. The maximum absolute atomic E-state index is 13.0. The van der Waals surface area contributed by atoms with E-state index in [9.17, 15) is 4.79 Å². The zero-order valence-corrected chi connectivity index (χ0v) is 22.9. The van der Waals surface area contributed by atoms with Crippen LogP contribution in [0.15, 0.2) is 67.0 Å².